The SMILES string of the molecule is CCN(CC)CC.CCN(CC)CC.Nc1ccc(Cc2ccc(N)cc2S(=O)(=O)O)c(S(=O)(=O)O)c1. The summed E-state index contributed by atoms with van der Waals surface area (Å²) in [4.78, 5) is 3.88. The van der Waals surface area contributed by atoms with Crippen LogP contribution in [0.25, 0.3) is 0 Å². The Bertz CT molecular complexity index is 1060. The van der Waals surface area contributed by atoms with E-state index in [2.05, 4.69) is 51.3 Å². The Morgan fingerprint density at radius 1 is 0.595 bits per heavy atom. The van der Waals surface area contributed by atoms with E-state index in [4.69, 9.17) is 11.5 Å². The third-order valence-electron chi connectivity index (χ3n) is 5.80. The molecular weight excluding hydrogens is 516 g/mol. The number of hydrogen-bond acceptors (Lipinski definition) is 8. The summed E-state index contributed by atoms with van der Waals surface area (Å²) in [6.45, 7) is 20.2. The first-order chi connectivity index (χ1) is 17.2. The van der Waals surface area contributed by atoms with Gasteiger partial charge in [0.2, 0.25) is 0 Å². The van der Waals surface area contributed by atoms with Crippen LogP contribution in [0.4, 0.5) is 11.4 Å². The smallest absolute Gasteiger partial charge is 0.294 e. The summed E-state index contributed by atoms with van der Waals surface area (Å²) in [6, 6.07) is 7.65. The number of anilines is 2. The molecule has 0 spiro atoms. The molecule has 0 saturated carbocycles. The summed E-state index contributed by atoms with van der Waals surface area (Å²) < 4.78 is 64.3. The zero-order valence-electron chi connectivity index (χ0n) is 22.8. The van der Waals surface area contributed by atoms with Crippen LogP contribution in [-0.2, 0) is 26.7 Å². The van der Waals surface area contributed by atoms with Crippen LogP contribution in [0.15, 0.2) is 46.2 Å². The molecule has 0 saturated heterocycles. The Morgan fingerprint density at radius 2 is 0.865 bits per heavy atom. The zero-order valence-corrected chi connectivity index (χ0v) is 24.4. The van der Waals surface area contributed by atoms with Crippen molar-refractivity contribution in [2.45, 2.75) is 57.8 Å². The molecule has 6 N–H and O–H groups in total. The molecule has 0 unspecified atom stereocenters. The average Bonchev–Trinajstić information content (AvgIpc) is 2.83. The highest BCUT2D eigenvalue weighted by Crippen LogP contribution is 2.26. The minimum atomic E-state index is -4.55. The molecule has 0 amide bonds. The van der Waals surface area contributed by atoms with E-state index < -0.39 is 30.0 Å². The van der Waals surface area contributed by atoms with Gasteiger partial charge in [0.15, 0.2) is 0 Å². The van der Waals surface area contributed by atoms with E-state index in [9.17, 15) is 25.9 Å². The van der Waals surface area contributed by atoms with Crippen molar-refractivity contribution in [3.05, 3.63) is 47.5 Å². The number of nitrogens with zero attached hydrogens (tertiary/aromatic N) is 2. The lowest BCUT2D eigenvalue weighted by molar-refractivity contribution is 0.321. The van der Waals surface area contributed by atoms with Gasteiger partial charge < -0.3 is 21.3 Å². The Hall–Kier alpha value is -2.22. The fraction of sp³-hybridized carbons (Fsp3) is 0.520. The lowest BCUT2D eigenvalue weighted by Gasteiger charge is -2.13. The Morgan fingerprint density at radius 3 is 1.05 bits per heavy atom. The maximum absolute atomic E-state index is 11.4. The molecule has 0 radical (unpaired) electrons. The lowest BCUT2D eigenvalue weighted by atomic mass is 10.0. The molecule has 212 valence electrons. The van der Waals surface area contributed by atoms with E-state index in [1.807, 2.05) is 0 Å². The van der Waals surface area contributed by atoms with Crippen molar-refractivity contribution in [1.82, 2.24) is 9.80 Å². The Balaban J connectivity index is 0.000000761. The van der Waals surface area contributed by atoms with Crippen LogP contribution in [0.2, 0.25) is 0 Å². The largest absolute Gasteiger partial charge is 0.399 e. The molecular formula is C25H44N4O6S2. The molecule has 0 heterocycles. The van der Waals surface area contributed by atoms with Crippen LogP contribution in [0.5, 0.6) is 0 Å². The molecule has 0 aromatic heterocycles. The minimum absolute atomic E-state index is 0.119. The van der Waals surface area contributed by atoms with Gasteiger partial charge in [-0.2, -0.15) is 16.8 Å². The number of rotatable bonds is 10. The summed E-state index contributed by atoms with van der Waals surface area (Å²) in [6.07, 6.45) is -0.176. The molecule has 10 nitrogen and oxygen atoms in total. The van der Waals surface area contributed by atoms with Gasteiger partial charge in [-0.3, -0.25) is 9.11 Å². The third kappa shape index (κ3) is 12.7. The van der Waals surface area contributed by atoms with Crippen LogP contribution < -0.4 is 11.5 Å². The number of nitrogens with two attached hydrogens (primary N) is 2. The summed E-state index contributed by atoms with van der Waals surface area (Å²) in [5, 5.41) is 0. The fourth-order valence-corrected chi connectivity index (χ4v) is 4.97. The Labute approximate surface area is 223 Å². The highest BCUT2D eigenvalue weighted by molar-refractivity contribution is 7.86. The van der Waals surface area contributed by atoms with Crippen LogP contribution in [0.3, 0.4) is 0 Å². The predicted molar refractivity (Wildman–Crippen MR) is 151 cm³/mol. The van der Waals surface area contributed by atoms with Crippen molar-refractivity contribution in [3.8, 4) is 0 Å². The molecule has 0 aliphatic carbocycles. The van der Waals surface area contributed by atoms with E-state index in [0.717, 1.165) is 12.1 Å². The predicted octanol–water partition coefficient (Wildman–Crippen LogP) is 3.63. The van der Waals surface area contributed by atoms with Crippen molar-refractivity contribution in [2.75, 3.05) is 50.7 Å². The van der Waals surface area contributed by atoms with Gasteiger partial charge in [0.1, 0.15) is 0 Å². The second-order valence-corrected chi connectivity index (χ2v) is 10.9. The number of benzene rings is 2. The fourth-order valence-electron chi connectivity index (χ4n) is 3.46. The molecule has 2 aromatic carbocycles. The van der Waals surface area contributed by atoms with Gasteiger partial charge >= 0.3 is 0 Å². The zero-order chi connectivity index (χ0) is 28.8. The first kappa shape index (κ1) is 34.8. The van der Waals surface area contributed by atoms with Gasteiger partial charge in [-0.1, -0.05) is 53.7 Å². The second-order valence-electron chi connectivity index (χ2n) is 8.10. The average molecular weight is 561 g/mol. The van der Waals surface area contributed by atoms with Crippen molar-refractivity contribution in [1.29, 1.82) is 0 Å². The van der Waals surface area contributed by atoms with Gasteiger partial charge in [0.25, 0.3) is 20.2 Å². The van der Waals surface area contributed by atoms with E-state index in [0.29, 0.717) is 0 Å². The van der Waals surface area contributed by atoms with Gasteiger partial charge in [-0.15, -0.1) is 0 Å². The normalized spacial score (nSPS) is 11.5. The maximum Gasteiger partial charge on any atom is 0.294 e. The van der Waals surface area contributed by atoms with Crippen molar-refractivity contribution in [3.63, 3.8) is 0 Å². The van der Waals surface area contributed by atoms with Crippen LogP contribution in [-0.4, -0.2) is 75.0 Å². The summed E-state index contributed by atoms with van der Waals surface area (Å²) in [7, 11) is -9.10. The molecule has 0 bridgehead atoms. The van der Waals surface area contributed by atoms with Gasteiger partial charge in [-0.25, -0.2) is 0 Å². The first-order valence-electron chi connectivity index (χ1n) is 12.3. The molecule has 37 heavy (non-hydrogen) atoms. The minimum Gasteiger partial charge on any atom is -0.399 e. The van der Waals surface area contributed by atoms with E-state index in [-0.39, 0.29) is 28.9 Å². The van der Waals surface area contributed by atoms with Gasteiger partial charge in [-0.05, 0) is 74.7 Å². The van der Waals surface area contributed by atoms with Gasteiger partial charge in [0, 0.05) is 17.8 Å². The maximum atomic E-state index is 11.4. The van der Waals surface area contributed by atoms with Crippen molar-refractivity contribution >= 4 is 31.6 Å². The highest BCUT2D eigenvalue weighted by Gasteiger charge is 2.20. The summed E-state index contributed by atoms with van der Waals surface area (Å²) in [5.41, 5.74) is 11.5. The van der Waals surface area contributed by atoms with Crippen LogP contribution in [0.1, 0.15) is 52.7 Å². The standard InChI is InChI=1S/C13H14N2O6S2.2C6H15N/c14-10-3-1-8(12(6-10)22(16,17)18)5-9-2-4-11(15)7-13(9)23(19,20)21;2*1-4-7(5-2)6-3/h1-4,6-7H,5,14-15H2,(H,16,17,18)(H,19,20,21);2*4-6H2,1-3H3. The molecule has 2 rings (SSSR count). The van der Waals surface area contributed by atoms with E-state index in [1.165, 1.54) is 63.5 Å². The molecule has 0 atom stereocenters. The second kappa shape index (κ2) is 16.6. The first-order valence-corrected chi connectivity index (χ1v) is 15.2. The monoisotopic (exact) mass is 560 g/mol. The summed E-state index contributed by atoms with van der Waals surface area (Å²) in [5.74, 6) is 0. The molecule has 0 aliphatic rings. The van der Waals surface area contributed by atoms with E-state index >= 15 is 0 Å². The number of nitrogen functional groups attached to an aromatic ring is 2. The van der Waals surface area contributed by atoms with Crippen LogP contribution >= 0.6 is 0 Å². The Kier molecular flexibility index (Phi) is 15.6. The molecule has 2 aromatic rings. The van der Waals surface area contributed by atoms with Crippen LogP contribution in [0, 0.1) is 0 Å². The molecule has 0 aliphatic heterocycles. The molecule has 0 fully saturated rings. The quantitative estimate of drug-likeness (QED) is 0.249. The lowest BCUT2D eigenvalue weighted by Crippen LogP contribution is -2.21. The third-order valence-corrected chi connectivity index (χ3v) is 7.67. The summed E-state index contributed by atoms with van der Waals surface area (Å²) >= 11 is 0. The van der Waals surface area contributed by atoms with Gasteiger partial charge in [0.05, 0.1) is 9.79 Å². The van der Waals surface area contributed by atoms with E-state index in [1.54, 1.807) is 0 Å². The highest BCUT2D eigenvalue weighted by atomic mass is 32.2. The van der Waals surface area contributed by atoms with Crippen molar-refractivity contribution in [2.24, 2.45) is 0 Å². The van der Waals surface area contributed by atoms with Crippen molar-refractivity contribution < 1.29 is 25.9 Å². The molecule has 12 heteroatoms. The topological polar surface area (TPSA) is 167 Å². The number of hydrogen-bond donors (Lipinski definition) is 4.